The number of hydrogen-bond donors (Lipinski definition) is 2. The lowest BCUT2D eigenvalue weighted by molar-refractivity contribution is -0.127. The van der Waals surface area contributed by atoms with Gasteiger partial charge in [-0.05, 0) is 37.1 Å². The highest BCUT2D eigenvalue weighted by atomic mass is 16.2. The van der Waals surface area contributed by atoms with E-state index in [1.54, 1.807) is 4.90 Å². The van der Waals surface area contributed by atoms with E-state index in [-0.39, 0.29) is 11.8 Å². The molecule has 5 heteroatoms. The van der Waals surface area contributed by atoms with E-state index in [2.05, 4.69) is 16.4 Å². The zero-order valence-electron chi connectivity index (χ0n) is 15.6. The van der Waals surface area contributed by atoms with Crippen LogP contribution in [0.5, 0.6) is 0 Å². The van der Waals surface area contributed by atoms with E-state index in [4.69, 9.17) is 0 Å². The van der Waals surface area contributed by atoms with Crippen LogP contribution in [0, 0.1) is 13.8 Å². The first-order valence-corrected chi connectivity index (χ1v) is 9.26. The number of piperazine rings is 1. The molecule has 1 atom stereocenters. The summed E-state index contributed by atoms with van der Waals surface area (Å²) >= 11 is 0. The van der Waals surface area contributed by atoms with Gasteiger partial charge in [-0.1, -0.05) is 42.0 Å². The van der Waals surface area contributed by atoms with Crippen LogP contribution in [0.1, 0.15) is 27.2 Å². The van der Waals surface area contributed by atoms with Gasteiger partial charge in [-0.2, -0.15) is 0 Å². The lowest BCUT2D eigenvalue weighted by Crippen LogP contribution is -2.58. The fourth-order valence-electron chi connectivity index (χ4n) is 3.80. The molecule has 0 radical (unpaired) electrons. The molecule has 2 aromatic carbocycles. The summed E-state index contributed by atoms with van der Waals surface area (Å²) in [6.45, 7) is 4.99. The van der Waals surface area contributed by atoms with E-state index in [1.807, 2.05) is 56.3 Å². The average Bonchev–Trinajstić information content (AvgIpc) is 3.00. The number of amides is 2. The summed E-state index contributed by atoms with van der Waals surface area (Å²) in [4.78, 5) is 30.8. The third kappa shape index (κ3) is 3.21. The molecular formula is C22H23N3O2. The topological polar surface area (TPSA) is 65.2 Å². The molecule has 3 aromatic rings. The highest BCUT2D eigenvalue weighted by molar-refractivity contribution is 6.03. The number of aromatic amines is 1. The van der Waals surface area contributed by atoms with Crippen molar-refractivity contribution < 1.29 is 9.59 Å². The van der Waals surface area contributed by atoms with Gasteiger partial charge >= 0.3 is 0 Å². The van der Waals surface area contributed by atoms with Crippen molar-refractivity contribution in [2.75, 3.05) is 13.1 Å². The Hall–Kier alpha value is -3.08. The summed E-state index contributed by atoms with van der Waals surface area (Å²) < 4.78 is 0. The summed E-state index contributed by atoms with van der Waals surface area (Å²) in [5.74, 6) is -0.208. The number of nitrogens with one attached hydrogen (secondary N) is 2. The number of carbonyl (C=O) groups excluding carboxylic acids is 2. The summed E-state index contributed by atoms with van der Waals surface area (Å²) in [6.07, 6.45) is 0.511. The first-order valence-electron chi connectivity index (χ1n) is 9.26. The Morgan fingerprint density at radius 1 is 1.15 bits per heavy atom. The second-order valence-corrected chi connectivity index (χ2v) is 7.17. The Kier molecular flexibility index (Phi) is 4.44. The van der Waals surface area contributed by atoms with Gasteiger partial charge in [0.2, 0.25) is 5.91 Å². The Morgan fingerprint density at radius 2 is 1.93 bits per heavy atom. The predicted octanol–water partition coefficient (Wildman–Crippen LogP) is 2.97. The SMILES string of the molecule is Cc1ccc2[nH]c(C(=O)N3CCNC(=O)[C@H]3Cc3ccccc3)c(C)c2c1. The summed E-state index contributed by atoms with van der Waals surface area (Å²) in [7, 11) is 0. The number of aromatic nitrogens is 1. The normalized spacial score (nSPS) is 17.2. The second-order valence-electron chi connectivity index (χ2n) is 7.17. The number of benzene rings is 2. The van der Waals surface area contributed by atoms with Crippen LogP contribution < -0.4 is 5.32 Å². The predicted molar refractivity (Wildman–Crippen MR) is 106 cm³/mol. The second kappa shape index (κ2) is 6.91. The van der Waals surface area contributed by atoms with E-state index in [9.17, 15) is 9.59 Å². The van der Waals surface area contributed by atoms with Crippen LogP contribution in [0.2, 0.25) is 0 Å². The quantitative estimate of drug-likeness (QED) is 0.753. The number of hydrogen-bond acceptors (Lipinski definition) is 2. The fraction of sp³-hybridized carbons (Fsp3) is 0.273. The standard InChI is InChI=1S/C22H23N3O2/c1-14-8-9-18-17(12-14)15(2)20(24-18)22(27)25-11-10-23-21(26)19(25)13-16-6-4-3-5-7-16/h3-9,12,19,24H,10-11,13H2,1-2H3,(H,23,26)/t19-/m1/s1. The average molecular weight is 361 g/mol. The maximum atomic E-state index is 13.3. The molecule has 0 saturated carbocycles. The lowest BCUT2D eigenvalue weighted by Gasteiger charge is -2.35. The van der Waals surface area contributed by atoms with Gasteiger partial charge in [0, 0.05) is 30.4 Å². The molecule has 0 unspecified atom stereocenters. The molecule has 1 fully saturated rings. The molecule has 27 heavy (non-hydrogen) atoms. The molecule has 0 bridgehead atoms. The smallest absolute Gasteiger partial charge is 0.271 e. The Morgan fingerprint density at radius 3 is 2.70 bits per heavy atom. The third-order valence-electron chi connectivity index (χ3n) is 5.29. The van der Waals surface area contributed by atoms with Gasteiger partial charge < -0.3 is 15.2 Å². The van der Waals surface area contributed by atoms with Gasteiger partial charge in [0.1, 0.15) is 11.7 Å². The van der Waals surface area contributed by atoms with Gasteiger partial charge in [-0.15, -0.1) is 0 Å². The lowest BCUT2D eigenvalue weighted by atomic mass is 10.0. The zero-order valence-corrected chi connectivity index (χ0v) is 15.6. The molecule has 5 nitrogen and oxygen atoms in total. The van der Waals surface area contributed by atoms with E-state index in [0.717, 1.165) is 27.6 Å². The highest BCUT2D eigenvalue weighted by Crippen LogP contribution is 2.25. The molecule has 4 rings (SSSR count). The molecule has 2 amide bonds. The van der Waals surface area contributed by atoms with E-state index in [0.29, 0.717) is 25.2 Å². The van der Waals surface area contributed by atoms with Gasteiger partial charge in [0.25, 0.3) is 5.91 Å². The molecule has 1 saturated heterocycles. The number of rotatable bonds is 3. The van der Waals surface area contributed by atoms with E-state index < -0.39 is 6.04 Å². The Bertz CT molecular complexity index is 1010. The molecule has 138 valence electrons. The minimum absolute atomic E-state index is 0.0944. The monoisotopic (exact) mass is 361 g/mol. The van der Waals surface area contributed by atoms with Crippen LogP contribution in [-0.4, -0.2) is 40.8 Å². The molecule has 1 aliphatic rings. The van der Waals surface area contributed by atoms with Crippen LogP contribution in [0.3, 0.4) is 0 Å². The molecular weight excluding hydrogens is 338 g/mol. The highest BCUT2D eigenvalue weighted by Gasteiger charge is 2.34. The van der Waals surface area contributed by atoms with Crippen molar-refractivity contribution in [1.82, 2.24) is 15.2 Å². The van der Waals surface area contributed by atoms with Crippen LogP contribution in [0.25, 0.3) is 10.9 Å². The molecule has 2 N–H and O–H groups in total. The number of aryl methyl sites for hydroxylation is 2. The maximum absolute atomic E-state index is 13.3. The summed E-state index contributed by atoms with van der Waals surface area (Å²) in [5, 5.41) is 3.95. The molecule has 1 aromatic heterocycles. The van der Waals surface area contributed by atoms with Crippen molar-refractivity contribution in [2.45, 2.75) is 26.3 Å². The third-order valence-corrected chi connectivity index (χ3v) is 5.29. The van der Waals surface area contributed by atoms with Crippen molar-refractivity contribution >= 4 is 22.7 Å². The number of fused-ring (bicyclic) bond motifs is 1. The van der Waals surface area contributed by atoms with Crippen LogP contribution in [-0.2, 0) is 11.2 Å². The molecule has 0 aliphatic carbocycles. The zero-order chi connectivity index (χ0) is 19.0. The van der Waals surface area contributed by atoms with Gasteiger partial charge in [-0.3, -0.25) is 9.59 Å². The summed E-state index contributed by atoms with van der Waals surface area (Å²) in [6, 6.07) is 15.4. The van der Waals surface area contributed by atoms with E-state index in [1.165, 1.54) is 0 Å². The van der Waals surface area contributed by atoms with Crippen molar-refractivity contribution in [1.29, 1.82) is 0 Å². The van der Waals surface area contributed by atoms with Crippen LogP contribution >= 0.6 is 0 Å². The van der Waals surface area contributed by atoms with Gasteiger partial charge in [0.05, 0.1) is 0 Å². The Balaban J connectivity index is 1.68. The van der Waals surface area contributed by atoms with Gasteiger partial charge in [0.15, 0.2) is 0 Å². The van der Waals surface area contributed by atoms with Crippen LogP contribution in [0.4, 0.5) is 0 Å². The van der Waals surface area contributed by atoms with Crippen molar-refractivity contribution in [3.05, 3.63) is 70.9 Å². The van der Waals surface area contributed by atoms with Crippen molar-refractivity contribution in [3.8, 4) is 0 Å². The minimum Gasteiger partial charge on any atom is -0.353 e. The first kappa shape index (κ1) is 17.3. The Labute approximate surface area is 158 Å². The largest absolute Gasteiger partial charge is 0.353 e. The molecule has 1 aliphatic heterocycles. The van der Waals surface area contributed by atoms with Crippen LogP contribution in [0.15, 0.2) is 48.5 Å². The maximum Gasteiger partial charge on any atom is 0.271 e. The van der Waals surface area contributed by atoms with Gasteiger partial charge in [-0.25, -0.2) is 0 Å². The fourth-order valence-corrected chi connectivity index (χ4v) is 3.80. The minimum atomic E-state index is -0.499. The van der Waals surface area contributed by atoms with E-state index >= 15 is 0 Å². The number of nitrogens with zero attached hydrogens (tertiary/aromatic N) is 1. The number of carbonyl (C=O) groups is 2. The molecule has 2 heterocycles. The van der Waals surface area contributed by atoms with Crippen molar-refractivity contribution in [3.63, 3.8) is 0 Å². The summed E-state index contributed by atoms with van der Waals surface area (Å²) in [5.41, 5.74) is 4.65. The van der Waals surface area contributed by atoms with Crippen molar-refractivity contribution in [2.24, 2.45) is 0 Å². The molecule has 0 spiro atoms. The first-order chi connectivity index (χ1) is 13.0. The number of H-pyrrole nitrogens is 1.